The Labute approximate surface area is 125 Å². The first-order chi connectivity index (χ1) is 10.1. The average Bonchev–Trinajstić information content (AvgIpc) is 2.45. The molecule has 8 nitrogen and oxygen atoms in total. The highest BCUT2D eigenvalue weighted by molar-refractivity contribution is 5.72. The van der Waals surface area contributed by atoms with E-state index in [0.29, 0.717) is 30.9 Å². The highest BCUT2D eigenvalue weighted by Gasteiger charge is 2.10. The second kappa shape index (κ2) is 8.93. The third-order valence-corrected chi connectivity index (χ3v) is 2.79. The van der Waals surface area contributed by atoms with Crippen LogP contribution in [0.15, 0.2) is 0 Å². The fourth-order valence-electron chi connectivity index (χ4n) is 1.74. The van der Waals surface area contributed by atoms with Gasteiger partial charge in [-0.15, -0.1) is 0 Å². The van der Waals surface area contributed by atoms with E-state index in [1.165, 1.54) is 6.92 Å². The fourth-order valence-corrected chi connectivity index (χ4v) is 1.74. The topological polar surface area (TPSA) is 95.1 Å². The minimum absolute atomic E-state index is 0.0513. The van der Waals surface area contributed by atoms with E-state index < -0.39 is 0 Å². The molecule has 0 spiro atoms. The minimum Gasteiger partial charge on any atom is -0.355 e. The summed E-state index contributed by atoms with van der Waals surface area (Å²) in [6.07, 6.45) is 0. The van der Waals surface area contributed by atoms with Crippen LogP contribution in [0.3, 0.4) is 0 Å². The molecule has 0 aliphatic rings. The van der Waals surface area contributed by atoms with Gasteiger partial charge in [-0.1, -0.05) is 0 Å². The number of hydrogen-bond donors (Lipinski definition) is 3. The van der Waals surface area contributed by atoms with Gasteiger partial charge in [0.15, 0.2) is 0 Å². The second-order valence-electron chi connectivity index (χ2n) is 4.39. The molecule has 0 aromatic carbocycles. The van der Waals surface area contributed by atoms with Crippen LogP contribution < -0.4 is 20.9 Å². The first kappa shape index (κ1) is 16.9. The molecule has 118 valence electrons. The Morgan fingerprint density at radius 3 is 2.14 bits per heavy atom. The molecular weight excluding hydrogens is 270 g/mol. The van der Waals surface area contributed by atoms with Crippen LogP contribution in [0.25, 0.3) is 0 Å². The van der Waals surface area contributed by atoms with E-state index in [4.69, 9.17) is 0 Å². The monoisotopic (exact) mass is 295 g/mol. The summed E-state index contributed by atoms with van der Waals surface area (Å²) in [4.78, 5) is 26.0. The van der Waals surface area contributed by atoms with Gasteiger partial charge in [0.05, 0.1) is 0 Å². The standard InChI is InChI=1S/C13H25N7O/c1-5-14-11-17-12(16-9-8-15-10(4)21)19-13(18-11)20(6-2)7-3/h5-9H2,1-4H3,(H,15,21)(H2,14,16,17,18,19). The van der Waals surface area contributed by atoms with Crippen molar-refractivity contribution >= 4 is 23.8 Å². The van der Waals surface area contributed by atoms with Crippen LogP contribution in [0.2, 0.25) is 0 Å². The molecule has 1 aromatic heterocycles. The van der Waals surface area contributed by atoms with Crippen molar-refractivity contribution in [1.29, 1.82) is 0 Å². The van der Waals surface area contributed by atoms with E-state index in [1.807, 2.05) is 6.92 Å². The van der Waals surface area contributed by atoms with Crippen molar-refractivity contribution < 1.29 is 4.79 Å². The van der Waals surface area contributed by atoms with Crippen LogP contribution in [-0.4, -0.2) is 53.6 Å². The van der Waals surface area contributed by atoms with Crippen molar-refractivity contribution in [1.82, 2.24) is 20.3 Å². The van der Waals surface area contributed by atoms with Crippen molar-refractivity contribution in [3.8, 4) is 0 Å². The average molecular weight is 295 g/mol. The molecule has 1 rings (SSSR count). The van der Waals surface area contributed by atoms with Crippen LogP contribution in [0, 0.1) is 0 Å². The number of carbonyl (C=O) groups is 1. The predicted octanol–water partition coefficient (Wildman–Crippen LogP) is 0.698. The summed E-state index contributed by atoms with van der Waals surface area (Å²) < 4.78 is 0. The summed E-state index contributed by atoms with van der Waals surface area (Å²) in [5.41, 5.74) is 0. The van der Waals surface area contributed by atoms with E-state index in [2.05, 4.69) is 49.6 Å². The van der Waals surface area contributed by atoms with Crippen LogP contribution in [0.5, 0.6) is 0 Å². The second-order valence-corrected chi connectivity index (χ2v) is 4.39. The molecule has 0 saturated heterocycles. The lowest BCUT2D eigenvalue weighted by Gasteiger charge is -2.19. The van der Waals surface area contributed by atoms with Gasteiger partial charge in [0.2, 0.25) is 23.8 Å². The van der Waals surface area contributed by atoms with Crippen molar-refractivity contribution in [3.05, 3.63) is 0 Å². The third kappa shape index (κ3) is 5.80. The molecule has 1 aromatic rings. The quantitative estimate of drug-likeness (QED) is 0.577. The van der Waals surface area contributed by atoms with Gasteiger partial charge in [0.25, 0.3) is 0 Å². The predicted molar refractivity (Wildman–Crippen MR) is 84.7 cm³/mol. The largest absolute Gasteiger partial charge is 0.355 e. The Morgan fingerprint density at radius 2 is 1.62 bits per heavy atom. The summed E-state index contributed by atoms with van der Waals surface area (Å²) in [6, 6.07) is 0. The maximum atomic E-state index is 10.8. The van der Waals surface area contributed by atoms with E-state index >= 15 is 0 Å². The lowest BCUT2D eigenvalue weighted by molar-refractivity contribution is -0.118. The maximum absolute atomic E-state index is 10.8. The lowest BCUT2D eigenvalue weighted by Crippen LogP contribution is -2.28. The molecule has 0 aliphatic carbocycles. The Kier molecular flexibility index (Phi) is 7.20. The summed E-state index contributed by atoms with van der Waals surface area (Å²) in [6.45, 7) is 11.1. The number of rotatable bonds is 9. The molecule has 0 fully saturated rings. The molecular formula is C13H25N7O. The molecule has 0 unspecified atom stereocenters. The Bertz CT molecular complexity index is 448. The first-order valence-electron chi connectivity index (χ1n) is 7.33. The van der Waals surface area contributed by atoms with Crippen LogP contribution >= 0.6 is 0 Å². The maximum Gasteiger partial charge on any atom is 0.231 e. The number of hydrogen-bond acceptors (Lipinski definition) is 7. The summed E-state index contributed by atoms with van der Waals surface area (Å²) in [5, 5.41) is 8.92. The van der Waals surface area contributed by atoms with Crippen molar-refractivity contribution in [2.45, 2.75) is 27.7 Å². The zero-order valence-corrected chi connectivity index (χ0v) is 13.2. The molecule has 0 bridgehead atoms. The Hall–Kier alpha value is -2.12. The number of aromatic nitrogens is 3. The van der Waals surface area contributed by atoms with Gasteiger partial charge in [-0.25, -0.2) is 0 Å². The molecule has 0 radical (unpaired) electrons. The van der Waals surface area contributed by atoms with Crippen molar-refractivity contribution in [2.24, 2.45) is 0 Å². The van der Waals surface area contributed by atoms with Gasteiger partial charge < -0.3 is 20.9 Å². The van der Waals surface area contributed by atoms with Gasteiger partial charge in [-0.05, 0) is 20.8 Å². The molecule has 21 heavy (non-hydrogen) atoms. The number of nitrogens with zero attached hydrogens (tertiary/aromatic N) is 4. The number of nitrogens with one attached hydrogen (secondary N) is 3. The molecule has 0 aliphatic heterocycles. The molecule has 1 heterocycles. The van der Waals surface area contributed by atoms with Gasteiger partial charge >= 0.3 is 0 Å². The van der Waals surface area contributed by atoms with Gasteiger partial charge in [0.1, 0.15) is 0 Å². The summed E-state index contributed by atoms with van der Waals surface area (Å²) >= 11 is 0. The van der Waals surface area contributed by atoms with E-state index in [1.54, 1.807) is 0 Å². The van der Waals surface area contributed by atoms with E-state index in [-0.39, 0.29) is 5.91 Å². The molecule has 0 saturated carbocycles. The minimum atomic E-state index is -0.0513. The number of carbonyl (C=O) groups excluding carboxylic acids is 1. The van der Waals surface area contributed by atoms with Crippen LogP contribution in [-0.2, 0) is 4.79 Å². The van der Waals surface area contributed by atoms with E-state index in [0.717, 1.165) is 19.6 Å². The molecule has 3 N–H and O–H groups in total. The SMILES string of the molecule is CCNc1nc(NCCNC(C)=O)nc(N(CC)CC)n1. The smallest absolute Gasteiger partial charge is 0.231 e. The number of anilines is 3. The van der Waals surface area contributed by atoms with Crippen LogP contribution in [0.1, 0.15) is 27.7 Å². The van der Waals surface area contributed by atoms with E-state index in [9.17, 15) is 4.79 Å². The van der Waals surface area contributed by atoms with Gasteiger partial charge in [-0.2, -0.15) is 15.0 Å². The van der Waals surface area contributed by atoms with Gasteiger partial charge in [0, 0.05) is 39.6 Å². The van der Waals surface area contributed by atoms with Crippen LogP contribution in [0.4, 0.5) is 17.8 Å². The molecule has 1 amide bonds. The number of amides is 1. The highest BCUT2D eigenvalue weighted by atomic mass is 16.1. The van der Waals surface area contributed by atoms with Gasteiger partial charge in [-0.3, -0.25) is 4.79 Å². The summed E-state index contributed by atoms with van der Waals surface area (Å²) in [5.74, 6) is 1.65. The normalized spacial score (nSPS) is 10.1. The highest BCUT2D eigenvalue weighted by Crippen LogP contribution is 2.13. The molecule has 0 atom stereocenters. The first-order valence-corrected chi connectivity index (χ1v) is 7.33. The third-order valence-electron chi connectivity index (χ3n) is 2.79. The zero-order chi connectivity index (χ0) is 15.7. The lowest BCUT2D eigenvalue weighted by atomic mass is 10.5. The summed E-state index contributed by atoms with van der Waals surface area (Å²) in [7, 11) is 0. The van der Waals surface area contributed by atoms with Crippen molar-refractivity contribution in [3.63, 3.8) is 0 Å². The van der Waals surface area contributed by atoms with Crippen molar-refractivity contribution in [2.75, 3.05) is 48.3 Å². The Balaban J connectivity index is 2.78. The Morgan fingerprint density at radius 1 is 1.00 bits per heavy atom. The molecule has 8 heteroatoms. The fraction of sp³-hybridized carbons (Fsp3) is 0.692. The zero-order valence-electron chi connectivity index (χ0n) is 13.2.